The van der Waals surface area contributed by atoms with Crippen LogP contribution in [0.2, 0.25) is 0 Å². The zero-order valence-electron chi connectivity index (χ0n) is 9.72. The predicted octanol–water partition coefficient (Wildman–Crippen LogP) is -0.130. The second kappa shape index (κ2) is 4.05. The third-order valence-electron chi connectivity index (χ3n) is 3.69. The molecule has 2 aliphatic rings. The molecule has 1 N–H and O–H groups in total. The molecule has 2 rings (SSSR count). The van der Waals surface area contributed by atoms with Gasteiger partial charge in [0.2, 0.25) is 5.91 Å². The summed E-state index contributed by atoms with van der Waals surface area (Å²) in [5, 5.41) is 8.78. The van der Waals surface area contributed by atoms with Crippen LogP contribution in [0.1, 0.15) is 12.8 Å². The lowest BCUT2D eigenvalue weighted by Crippen LogP contribution is -2.39. The number of likely N-dealkylation sites (tertiary alicyclic amines) is 1. The van der Waals surface area contributed by atoms with Crippen molar-refractivity contribution in [2.45, 2.75) is 18.9 Å². The normalized spacial score (nSPS) is 33.8. The zero-order chi connectivity index (χ0) is 11.9. The number of hydrogen-bond acceptors (Lipinski definition) is 3. The summed E-state index contributed by atoms with van der Waals surface area (Å²) in [5.74, 6) is -1.54. The van der Waals surface area contributed by atoms with Gasteiger partial charge in [-0.15, -0.1) is 0 Å². The highest BCUT2D eigenvalue weighted by atomic mass is 16.4. The molecule has 2 fully saturated rings. The number of carbonyl (C=O) groups excluding carboxylic acids is 1. The molecule has 1 aliphatic carbocycles. The molecule has 0 aromatic rings. The monoisotopic (exact) mass is 226 g/mol. The second-order valence-electron chi connectivity index (χ2n) is 4.94. The van der Waals surface area contributed by atoms with Gasteiger partial charge in [-0.25, -0.2) is 0 Å². The van der Waals surface area contributed by atoms with Crippen LogP contribution in [0.4, 0.5) is 0 Å². The zero-order valence-corrected chi connectivity index (χ0v) is 9.72. The molecule has 0 aromatic carbocycles. The Balaban J connectivity index is 1.88. The first-order valence-corrected chi connectivity index (χ1v) is 5.68. The average molecular weight is 226 g/mol. The molecule has 1 aliphatic heterocycles. The van der Waals surface area contributed by atoms with Crippen LogP contribution in [0.15, 0.2) is 0 Å². The molecule has 1 amide bonds. The van der Waals surface area contributed by atoms with Crippen molar-refractivity contribution in [2.24, 2.45) is 11.8 Å². The van der Waals surface area contributed by atoms with E-state index in [-0.39, 0.29) is 17.9 Å². The number of carboxylic acid groups (broad SMARTS) is 1. The molecule has 1 saturated carbocycles. The van der Waals surface area contributed by atoms with Gasteiger partial charge in [0, 0.05) is 19.6 Å². The Morgan fingerprint density at radius 2 is 2.06 bits per heavy atom. The second-order valence-corrected chi connectivity index (χ2v) is 4.94. The lowest BCUT2D eigenvalue weighted by atomic mass is 10.2. The highest BCUT2D eigenvalue weighted by molar-refractivity contribution is 5.89. The number of likely N-dealkylation sites (N-methyl/N-ethyl adjacent to an activating group) is 2. The fourth-order valence-corrected chi connectivity index (χ4v) is 2.41. The Morgan fingerprint density at radius 3 is 2.50 bits per heavy atom. The third-order valence-corrected chi connectivity index (χ3v) is 3.69. The summed E-state index contributed by atoms with van der Waals surface area (Å²) in [6.07, 6.45) is 1.50. The molecule has 0 radical (unpaired) electrons. The predicted molar refractivity (Wildman–Crippen MR) is 57.9 cm³/mol. The van der Waals surface area contributed by atoms with Gasteiger partial charge in [0.15, 0.2) is 0 Å². The van der Waals surface area contributed by atoms with Gasteiger partial charge in [0.1, 0.15) is 0 Å². The van der Waals surface area contributed by atoms with Crippen LogP contribution in [-0.4, -0.2) is 60.0 Å². The molecule has 5 heteroatoms. The number of carbonyl (C=O) groups is 2. The summed E-state index contributed by atoms with van der Waals surface area (Å²) in [7, 11) is 3.83. The van der Waals surface area contributed by atoms with Gasteiger partial charge in [-0.1, -0.05) is 0 Å². The first kappa shape index (κ1) is 11.4. The fourth-order valence-electron chi connectivity index (χ4n) is 2.41. The van der Waals surface area contributed by atoms with Crippen molar-refractivity contribution < 1.29 is 14.7 Å². The quantitative estimate of drug-likeness (QED) is 0.728. The van der Waals surface area contributed by atoms with E-state index in [9.17, 15) is 9.59 Å². The number of carboxylic acids is 1. The van der Waals surface area contributed by atoms with Crippen molar-refractivity contribution in [3.63, 3.8) is 0 Å². The number of nitrogens with zero attached hydrogens (tertiary/aromatic N) is 2. The lowest BCUT2D eigenvalue weighted by molar-refractivity contribution is -0.142. The third kappa shape index (κ3) is 2.04. The lowest BCUT2D eigenvalue weighted by Gasteiger charge is -2.24. The van der Waals surface area contributed by atoms with Crippen molar-refractivity contribution in [3.05, 3.63) is 0 Å². The Hall–Kier alpha value is -1.10. The van der Waals surface area contributed by atoms with Gasteiger partial charge in [-0.2, -0.15) is 0 Å². The maximum atomic E-state index is 12.0. The summed E-state index contributed by atoms with van der Waals surface area (Å²) >= 11 is 0. The fraction of sp³-hybridized carbons (Fsp3) is 0.818. The molecule has 90 valence electrons. The Morgan fingerprint density at radius 1 is 1.38 bits per heavy atom. The number of rotatable bonds is 3. The van der Waals surface area contributed by atoms with Crippen molar-refractivity contribution >= 4 is 11.9 Å². The molecule has 1 heterocycles. The molecule has 16 heavy (non-hydrogen) atoms. The van der Waals surface area contributed by atoms with Crippen LogP contribution in [0.5, 0.6) is 0 Å². The Kier molecular flexibility index (Phi) is 2.88. The molecular weight excluding hydrogens is 208 g/mol. The van der Waals surface area contributed by atoms with Crippen LogP contribution >= 0.6 is 0 Å². The van der Waals surface area contributed by atoms with E-state index in [2.05, 4.69) is 4.90 Å². The maximum absolute atomic E-state index is 12.0. The Bertz CT molecular complexity index is 318. The van der Waals surface area contributed by atoms with Gasteiger partial charge < -0.3 is 14.9 Å². The minimum Gasteiger partial charge on any atom is -0.481 e. The van der Waals surface area contributed by atoms with Gasteiger partial charge in [0.25, 0.3) is 0 Å². The van der Waals surface area contributed by atoms with Crippen molar-refractivity contribution in [1.82, 2.24) is 9.80 Å². The van der Waals surface area contributed by atoms with Gasteiger partial charge in [-0.05, 0) is 26.4 Å². The summed E-state index contributed by atoms with van der Waals surface area (Å²) in [6.45, 7) is 1.90. The smallest absolute Gasteiger partial charge is 0.307 e. The largest absolute Gasteiger partial charge is 0.481 e. The molecule has 3 unspecified atom stereocenters. The van der Waals surface area contributed by atoms with E-state index in [1.54, 1.807) is 11.9 Å². The number of hydrogen-bond donors (Lipinski definition) is 1. The van der Waals surface area contributed by atoms with Gasteiger partial charge >= 0.3 is 5.97 Å². The molecule has 1 saturated heterocycles. The van der Waals surface area contributed by atoms with Crippen LogP contribution < -0.4 is 0 Å². The van der Waals surface area contributed by atoms with E-state index >= 15 is 0 Å². The van der Waals surface area contributed by atoms with E-state index in [4.69, 9.17) is 5.11 Å². The maximum Gasteiger partial charge on any atom is 0.307 e. The molecule has 3 atom stereocenters. The summed E-state index contributed by atoms with van der Waals surface area (Å²) in [6, 6.07) is 0.257. The van der Waals surface area contributed by atoms with E-state index < -0.39 is 11.9 Å². The van der Waals surface area contributed by atoms with Crippen molar-refractivity contribution in [2.75, 3.05) is 27.2 Å². The molecular formula is C11H18N2O3. The van der Waals surface area contributed by atoms with E-state index in [1.807, 2.05) is 7.05 Å². The molecule has 0 spiro atoms. The first-order valence-electron chi connectivity index (χ1n) is 5.68. The molecule has 5 nitrogen and oxygen atoms in total. The molecule has 0 bridgehead atoms. The summed E-state index contributed by atoms with van der Waals surface area (Å²) in [4.78, 5) is 26.6. The average Bonchev–Trinajstić information content (AvgIpc) is 2.93. The van der Waals surface area contributed by atoms with Crippen LogP contribution in [-0.2, 0) is 9.59 Å². The van der Waals surface area contributed by atoms with Crippen LogP contribution in [0.3, 0.4) is 0 Å². The van der Waals surface area contributed by atoms with Crippen molar-refractivity contribution in [1.29, 1.82) is 0 Å². The van der Waals surface area contributed by atoms with Gasteiger partial charge in [-0.3, -0.25) is 9.59 Å². The van der Waals surface area contributed by atoms with Crippen molar-refractivity contribution in [3.8, 4) is 0 Å². The SMILES string of the molecule is CN1CCC(N(C)C(=O)C2CC2C(=O)O)C1. The highest BCUT2D eigenvalue weighted by Gasteiger charge is 2.50. The highest BCUT2D eigenvalue weighted by Crippen LogP contribution is 2.40. The number of amides is 1. The van der Waals surface area contributed by atoms with E-state index in [1.165, 1.54) is 0 Å². The minimum atomic E-state index is -0.838. The minimum absolute atomic E-state index is 0.00713. The van der Waals surface area contributed by atoms with E-state index in [0.29, 0.717) is 6.42 Å². The van der Waals surface area contributed by atoms with Gasteiger partial charge in [0.05, 0.1) is 11.8 Å². The summed E-state index contributed by atoms with van der Waals surface area (Å²) < 4.78 is 0. The first-order chi connectivity index (χ1) is 7.50. The standard InChI is InChI=1S/C11H18N2O3/c1-12-4-3-7(6-12)13(2)10(14)8-5-9(8)11(15)16/h7-9H,3-6H2,1-2H3,(H,15,16). The topological polar surface area (TPSA) is 60.9 Å². The van der Waals surface area contributed by atoms with Crippen LogP contribution in [0.25, 0.3) is 0 Å². The Labute approximate surface area is 95.0 Å². The number of aliphatic carboxylic acids is 1. The molecule has 0 aromatic heterocycles. The summed E-state index contributed by atoms with van der Waals surface area (Å²) in [5.41, 5.74) is 0. The van der Waals surface area contributed by atoms with E-state index in [0.717, 1.165) is 19.5 Å². The van der Waals surface area contributed by atoms with Crippen LogP contribution in [0, 0.1) is 11.8 Å².